The standard InChI is InChI=1S/C24H35N7O7/c25-15(13-19(32)33)20(34)30-17(12-14-6-2-1-3-7-14)21(35)29-16(8-4-10-28-24(26)27)22(36)31-11-5-9-18(31)23(37)38/h1-3,6-7,15-18H,4-5,8-13,25H2,(H,29,35)(H,30,34)(H,32,33)(H,37,38)(H4,26,27,28). The number of hydrogen-bond acceptors (Lipinski definition) is 7. The van der Waals surface area contributed by atoms with Gasteiger partial charge in [-0.15, -0.1) is 0 Å². The van der Waals surface area contributed by atoms with Crippen LogP contribution in [0.4, 0.5) is 0 Å². The van der Waals surface area contributed by atoms with Crippen molar-refractivity contribution < 1.29 is 34.2 Å². The van der Waals surface area contributed by atoms with Crippen LogP contribution in [-0.2, 0) is 30.4 Å². The van der Waals surface area contributed by atoms with E-state index in [0.717, 1.165) is 0 Å². The van der Waals surface area contributed by atoms with Gasteiger partial charge in [0.15, 0.2) is 5.96 Å². The molecular weight excluding hydrogens is 498 g/mol. The zero-order valence-electron chi connectivity index (χ0n) is 20.9. The molecule has 1 heterocycles. The Morgan fingerprint density at radius 1 is 1.03 bits per heavy atom. The highest BCUT2D eigenvalue weighted by Gasteiger charge is 2.38. The minimum atomic E-state index is -1.39. The molecule has 0 radical (unpaired) electrons. The summed E-state index contributed by atoms with van der Waals surface area (Å²) in [7, 11) is 0. The second-order valence-electron chi connectivity index (χ2n) is 8.99. The largest absolute Gasteiger partial charge is 0.481 e. The molecule has 0 bridgehead atoms. The zero-order chi connectivity index (χ0) is 28.2. The van der Waals surface area contributed by atoms with Crippen LogP contribution in [0.2, 0.25) is 0 Å². The van der Waals surface area contributed by atoms with E-state index in [1.54, 1.807) is 30.3 Å². The number of nitrogens with one attached hydrogen (secondary N) is 2. The zero-order valence-corrected chi connectivity index (χ0v) is 20.9. The molecule has 208 valence electrons. The van der Waals surface area contributed by atoms with Gasteiger partial charge < -0.3 is 42.9 Å². The van der Waals surface area contributed by atoms with E-state index >= 15 is 0 Å². The first-order valence-corrected chi connectivity index (χ1v) is 12.2. The predicted octanol–water partition coefficient (Wildman–Crippen LogP) is -1.87. The van der Waals surface area contributed by atoms with Crippen LogP contribution in [-0.4, -0.2) is 88.0 Å². The van der Waals surface area contributed by atoms with Crippen LogP contribution in [0.15, 0.2) is 35.3 Å². The van der Waals surface area contributed by atoms with Crippen molar-refractivity contribution in [2.75, 3.05) is 13.1 Å². The fourth-order valence-electron chi connectivity index (χ4n) is 4.14. The van der Waals surface area contributed by atoms with Crippen LogP contribution >= 0.6 is 0 Å². The summed E-state index contributed by atoms with van der Waals surface area (Å²) in [6, 6.07) is 4.05. The third kappa shape index (κ3) is 9.35. The lowest BCUT2D eigenvalue weighted by Gasteiger charge is -2.29. The van der Waals surface area contributed by atoms with Gasteiger partial charge in [0.25, 0.3) is 0 Å². The van der Waals surface area contributed by atoms with E-state index in [4.69, 9.17) is 22.3 Å². The first-order chi connectivity index (χ1) is 18.0. The Kier molecular flexibility index (Phi) is 11.5. The maximum Gasteiger partial charge on any atom is 0.326 e. The number of carboxylic acid groups (broad SMARTS) is 2. The minimum absolute atomic E-state index is 0.0363. The van der Waals surface area contributed by atoms with Crippen molar-refractivity contribution in [2.45, 2.75) is 62.7 Å². The van der Waals surface area contributed by atoms with Gasteiger partial charge in [0.1, 0.15) is 18.1 Å². The Morgan fingerprint density at radius 3 is 2.29 bits per heavy atom. The van der Waals surface area contributed by atoms with Crippen LogP contribution in [0, 0.1) is 0 Å². The van der Waals surface area contributed by atoms with Gasteiger partial charge in [-0.05, 0) is 31.2 Å². The number of rotatable bonds is 14. The fourth-order valence-corrected chi connectivity index (χ4v) is 4.14. The van der Waals surface area contributed by atoms with Crippen LogP contribution in [0.5, 0.6) is 0 Å². The van der Waals surface area contributed by atoms with Crippen molar-refractivity contribution in [1.29, 1.82) is 0 Å². The third-order valence-electron chi connectivity index (χ3n) is 6.03. The summed E-state index contributed by atoms with van der Waals surface area (Å²) in [6.45, 7) is 0.406. The molecule has 4 unspecified atom stereocenters. The van der Waals surface area contributed by atoms with Crippen molar-refractivity contribution >= 4 is 35.6 Å². The highest BCUT2D eigenvalue weighted by Crippen LogP contribution is 2.20. The minimum Gasteiger partial charge on any atom is -0.481 e. The molecule has 0 aliphatic carbocycles. The average molecular weight is 534 g/mol. The topological polar surface area (TPSA) is 244 Å². The van der Waals surface area contributed by atoms with Gasteiger partial charge in [-0.3, -0.25) is 24.2 Å². The Labute approximate surface area is 219 Å². The summed E-state index contributed by atoms with van der Waals surface area (Å²) in [5, 5.41) is 23.6. The maximum absolute atomic E-state index is 13.4. The smallest absolute Gasteiger partial charge is 0.326 e. The molecule has 2 rings (SSSR count). The van der Waals surface area contributed by atoms with Crippen molar-refractivity contribution in [1.82, 2.24) is 15.5 Å². The number of aliphatic carboxylic acids is 2. The van der Waals surface area contributed by atoms with E-state index in [1.807, 2.05) is 0 Å². The second-order valence-corrected chi connectivity index (χ2v) is 8.99. The maximum atomic E-state index is 13.4. The molecule has 14 heteroatoms. The molecule has 1 fully saturated rings. The summed E-state index contributed by atoms with van der Waals surface area (Å²) >= 11 is 0. The number of carbonyl (C=O) groups excluding carboxylic acids is 3. The molecule has 4 atom stereocenters. The number of likely N-dealkylation sites (tertiary alicyclic amines) is 1. The Bertz CT molecular complexity index is 1030. The van der Waals surface area contributed by atoms with Gasteiger partial charge in [-0.1, -0.05) is 30.3 Å². The molecule has 1 aromatic carbocycles. The highest BCUT2D eigenvalue weighted by atomic mass is 16.4. The molecule has 1 aromatic rings. The van der Waals surface area contributed by atoms with Crippen molar-refractivity contribution in [3.8, 4) is 0 Å². The number of hydrogen-bond donors (Lipinski definition) is 7. The second kappa shape index (κ2) is 14.5. The number of benzene rings is 1. The normalized spacial score (nSPS) is 17.1. The van der Waals surface area contributed by atoms with E-state index in [2.05, 4.69) is 15.6 Å². The summed E-state index contributed by atoms with van der Waals surface area (Å²) in [6.07, 6.45) is 0.612. The molecular formula is C24H35N7O7. The molecule has 0 spiro atoms. The van der Waals surface area contributed by atoms with Gasteiger partial charge in [0, 0.05) is 19.5 Å². The summed E-state index contributed by atoms with van der Waals surface area (Å²) in [4.78, 5) is 67.0. The lowest BCUT2D eigenvalue weighted by Crippen LogP contribution is -2.57. The van der Waals surface area contributed by atoms with Crippen molar-refractivity contribution in [3.63, 3.8) is 0 Å². The number of aliphatic imine (C=N–C) groups is 1. The van der Waals surface area contributed by atoms with Gasteiger partial charge in [0.05, 0.1) is 12.5 Å². The molecule has 3 amide bonds. The van der Waals surface area contributed by atoms with E-state index < -0.39 is 60.2 Å². The Morgan fingerprint density at radius 2 is 1.68 bits per heavy atom. The van der Waals surface area contributed by atoms with Gasteiger partial charge in [0.2, 0.25) is 17.7 Å². The number of nitrogens with zero attached hydrogens (tertiary/aromatic N) is 2. The number of amides is 3. The molecule has 0 saturated carbocycles. The SMILES string of the molecule is NC(N)=NCCCC(NC(=O)C(Cc1ccccc1)NC(=O)C(N)CC(=O)O)C(=O)N1CCCC1C(=O)O. The molecule has 10 N–H and O–H groups in total. The predicted molar refractivity (Wildman–Crippen MR) is 137 cm³/mol. The molecule has 38 heavy (non-hydrogen) atoms. The lowest BCUT2D eigenvalue weighted by atomic mass is 10.0. The quantitative estimate of drug-likeness (QED) is 0.0797. The Balaban J connectivity index is 2.25. The number of guanidine groups is 1. The number of nitrogens with two attached hydrogens (primary N) is 3. The molecule has 1 aliphatic heterocycles. The lowest BCUT2D eigenvalue weighted by molar-refractivity contribution is -0.149. The summed E-state index contributed by atoms with van der Waals surface area (Å²) in [5.41, 5.74) is 17.1. The number of carbonyl (C=O) groups is 5. The highest BCUT2D eigenvalue weighted by molar-refractivity contribution is 5.95. The van der Waals surface area contributed by atoms with Gasteiger partial charge >= 0.3 is 11.9 Å². The average Bonchev–Trinajstić information content (AvgIpc) is 3.35. The Hall–Kier alpha value is -4.20. The van der Waals surface area contributed by atoms with Crippen LogP contribution < -0.4 is 27.8 Å². The first-order valence-electron chi connectivity index (χ1n) is 12.2. The van der Waals surface area contributed by atoms with Crippen molar-refractivity contribution in [3.05, 3.63) is 35.9 Å². The molecule has 14 nitrogen and oxygen atoms in total. The van der Waals surface area contributed by atoms with Gasteiger partial charge in [-0.25, -0.2) is 4.79 Å². The monoisotopic (exact) mass is 533 g/mol. The third-order valence-corrected chi connectivity index (χ3v) is 6.03. The van der Waals surface area contributed by atoms with E-state index in [9.17, 15) is 29.1 Å². The molecule has 0 aromatic heterocycles. The fraction of sp³-hybridized carbons (Fsp3) is 0.500. The van der Waals surface area contributed by atoms with E-state index in [0.29, 0.717) is 24.8 Å². The summed E-state index contributed by atoms with van der Waals surface area (Å²) < 4.78 is 0. The van der Waals surface area contributed by atoms with E-state index in [-0.39, 0.29) is 31.9 Å². The number of carboxylic acids is 2. The van der Waals surface area contributed by atoms with Crippen LogP contribution in [0.25, 0.3) is 0 Å². The molecule has 1 aliphatic rings. The van der Waals surface area contributed by atoms with Crippen LogP contribution in [0.1, 0.15) is 37.7 Å². The molecule has 1 saturated heterocycles. The van der Waals surface area contributed by atoms with Gasteiger partial charge in [-0.2, -0.15) is 0 Å². The first kappa shape index (κ1) is 30.0. The summed E-state index contributed by atoms with van der Waals surface area (Å²) in [5.74, 6) is -4.67. The van der Waals surface area contributed by atoms with E-state index in [1.165, 1.54) is 4.90 Å². The van der Waals surface area contributed by atoms with Crippen molar-refractivity contribution in [2.24, 2.45) is 22.2 Å². The van der Waals surface area contributed by atoms with Crippen LogP contribution in [0.3, 0.4) is 0 Å².